The van der Waals surface area contributed by atoms with Gasteiger partial charge >= 0.3 is 0 Å². The fraction of sp³-hybridized carbons (Fsp3) is 0.300. The third-order valence-corrected chi connectivity index (χ3v) is 5.28. The first kappa shape index (κ1) is 18.7. The maximum Gasteiger partial charge on any atom is 0.255 e. The lowest BCUT2D eigenvalue weighted by Crippen LogP contribution is -2.32. The highest BCUT2D eigenvalue weighted by Gasteiger charge is 2.19. The van der Waals surface area contributed by atoms with Crippen LogP contribution in [0.2, 0.25) is 10.0 Å². The SMILES string of the molecule is O=C(Nc1cccc(Cl)c1Cl)c1cccc(C(=O)N2CCCCCC2)c1. The third-order valence-electron chi connectivity index (χ3n) is 4.46. The summed E-state index contributed by atoms with van der Waals surface area (Å²) in [6.07, 6.45) is 4.37. The van der Waals surface area contributed by atoms with Crippen LogP contribution in [-0.4, -0.2) is 29.8 Å². The van der Waals surface area contributed by atoms with Crippen molar-refractivity contribution < 1.29 is 9.59 Å². The molecular weight excluding hydrogens is 371 g/mol. The highest BCUT2D eigenvalue weighted by Crippen LogP contribution is 2.29. The predicted molar refractivity (Wildman–Crippen MR) is 105 cm³/mol. The molecule has 1 saturated heterocycles. The molecule has 4 nitrogen and oxygen atoms in total. The molecule has 1 fully saturated rings. The third kappa shape index (κ3) is 4.37. The second-order valence-electron chi connectivity index (χ2n) is 6.34. The Hall–Kier alpha value is -2.04. The first-order valence-corrected chi connectivity index (χ1v) is 9.46. The minimum absolute atomic E-state index is 0.0256. The van der Waals surface area contributed by atoms with Crippen LogP contribution in [0.15, 0.2) is 42.5 Å². The van der Waals surface area contributed by atoms with E-state index >= 15 is 0 Å². The molecule has 6 heteroatoms. The van der Waals surface area contributed by atoms with Gasteiger partial charge in [0, 0.05) is 24.2 Å². The number of hydrogen-bond acceptors (Lipinski definition) is 2. The van der Waals surface area contributed by atoms with Crippen molar-refractivity contribution in [3.8, 4) is 0 Å². The quantitative estimate of drug-likeness (QED) is 0.776. The fourth-order valence-corrected chi connectivity index (χ4v) is 3.39. The van der Waals surface area contributed by atoms with Crippen LogP contribution in [0.3, 0.4) is 0 Å². The van der Waals surface area contributed by atoms with E-state index in [4.69, 9.17) is 23.2 Å². The summed E-state index contributed by atoms with van der Waals surface area (Å²) in [4.78, 5) is 27.2. The normalized spacial score (nSPS) is 14.6. The monoisotopic (exact) mass is 390 g/mol. The van der Waals surface area contributed by atoms with Gasteiger partial charge in [0.25, 0.3) is 11.8 Å². The second kappa shape index (κ2) is 8.56. The number of anilines is 1. The number of nitrogens with one attached hydrogen (secondary N) is 1. The van der Waals surface area contributed by atoms with Gasteiger partial charge in [-0.3, -0.25) is 9.59 Å². The number of carbonyl (C=O) groups is 2. The highest BCUT2D eigenvalue weighted by atomic mass is 35.5. The molecule has 0 atom stereocenters. The molecule has 0 aliphatic carbocycles. The summed E-state index contributed by atoms with van der Waals surface area (Å²) in [5, 5.41) is 3.40. The van der Waals surface area contributed by atoms with Crippen LogP contribution in [0.5, 0.6) is 0 Å². The Morgan fingerprint density at radius 3 is 2.27 bits per heavy atom. The fourth-order valence-electron chi connectivity index (χ4n) is 3.04. The Morgan fingerprint density at radius 1 is 0.885 bits per heavy atom. The van der Waals surface area contributed by atoms with E-state index in [9.17, 15) is 9.59 Å². The Kier molecular flexibility index (Phi) is 6.17. The molecule has 0 radical (unpaired) electrons. The van der Waals surface area contributed by atoms with Gasteiger partial charge in [-0.25, -0.2) is 0 Å². The zero-order valence-electron chi connectivity index (χ0n) is 14.3. The first-order chi connectivity index (χ1) is 12.6. The number of amides is 2. The minimum atomic E-state index is -0.334. The molecule has 1 aliphatic heterocycles. The minimum Gasteiger partial charge on any atom is -0.339 e. The van der Waals surface area contributed by atoms with Crippen molar-refractivity contribution in [3.05, 3.63) is 63.6 Å². The summed E-state index contributed by atoms with van der Waals surface area (Å²) in [6.45, 7) is 1.54. The molecule has 0 unspecified atom stereocenters. The van der Waals surface area contributed by atoms with Gasteiger partial charge in [-0.1, -0.05) is 48.2 Å². The smallest absolute Gasteiger partial charge is 0.255 e. The Balaban J connectivity index is 1.76. The largest absolute Gasteiger partial charge is 0.339 e. The molecule has 0 bridgehead atoms. The van der Waals surface area contributed by atoms with Crippen molar-refractivity contribution in [1.29, 1.82) is 0 Å². The van der Waals surface area contributed by atoms with E-state index in [-0.39, 0.29) is 11.8 Å². The van der Waals surface area contributed by atoms with Crippen molar-refractivity contribution in [2.24, 2.45) is 0 Å². The highest BCUT2D eigenvalue weighted by molar-refractivity contribution is 6.44. The van der Waals surface area contributed by atoms with Crippen LogP contribution in [-0.2, 0) is 0 Å². The van der Waals surface area contributed by atoms with Gasteiger partial charge in [-0.15, -0.1) is 0 Å². The van der Waals surface area contributed by atoms with Crippen LogP contribution in [0.25, 0.3) is 0 Å². The number of likely N-dealkylation sites (tertiary alicyclic amines) is 1. The lowest BCUT2D eigenvalue weighted by atomic mass is 10.1. The van der Waals surface area contributed by atoms with Crippen molar-refractivity contribution in [1.82, 2.24) is 4.90 Å². The Labute approximate surface area is 163 Å². The van der Waals surface area contributed by atoms with Crippen molar-refractivity contribution >= 4 is 40.7 Å². The van der Waals surface area contributed by atoms with E-state index in [0.29, 0.717) is 26.9 Å². The van der Waals surface area contributed by atoms with Gasteiger partial charge in [0.15, 0.2) is 0 Å². The summed E-state index contributed by atoms with van der Waals surface area (Å²) in [5.41, 5.74) is 1.37. The molecule has 0 spiro atoms. The van der Waals surface area contributed by atoms with Crippen molar-refractivity contribution in [2.45, 2.75) is 25.7 Å². The summed E-state index contributed by atoms with van der Waals surface area (Å²) < 4.78 is 0. The van der Waals surface area contributed by atoms with E-state index in [1.807, 2.05) is 4.90 Å². The zero-order valence-corrected chi connectivity index (χ0v) is 15.8. The number of rotatable bonds is 3. The van der Waals surface area contributed by atoms with Crippen LogP contribution < -0.4 is 5.32 Å². The van der Waals surface area contributed by atoms with Crippen molar-refractivity contribution in [2.75, 3.05) is 18.4 Å². The molecule has 0 saturated carbocycles. The first-order valence-electron chi connectivity index (χ1n) is 8.71. The molecule has 1 heterocycles. The van der Waals surface area contributed by atoms with Gasteiger partial charge in [0.1, 0.15) is 0 Å². The lowest BCUT2D eigenvalue weighted by Gasteiger charge is -2.20. The summed E-state index contributed by atoms with van der Waals surface area (Å²) in [6, 6.07) is 11.8. The Bertz CT molecular complexity index is 815. The maximum absolute atomic E-state index is 12.7. The number of benzene rings is 2. The van der Waals surface area contributed by atoms with Gasteiger partial charge in [-0.05, 0) is 43.2 Å². The van der Waals surface area contributed by atoms with Crippen LogP contribution in [0.1, 0.15) is 46.4 Å². The molecule has 1 aliphatic rings. The molecule has 2 amide bonds. The van der Waals surface area contributed by atoms with Crippen LogP contribution in [0.4, 0.5) is 5.69 Å². The Morgan fingerprint density at radius 2 is 1.54 bits per heavy atom. The van der Waals surface area contributed by atoms with E-state index < -0.39 is 0 Å². The topological polar surface area (TPSA) is 49.4 Å². The molecule has 2 aromatic carbocycles. The molecule has 136 valence electrons. The number of hydrogen-bond donors (Lipinski definition) is 1. The van der Waals surface area contributed by atoms with E-state index in [1.165, 1.54) is 0 Å². The standard InChI is InChI=1S/C20H20Cl2N2O2/c21-16-9-6-10-17(18(16)22)23-19(25)14-7-5-8-15(13-14)20(26)24-11-3-1-2-4-12-24/h5-10,13H,1-4,11-12H2,(H,23,25). The van der Waals surface area contributed by atoms with Gasteiger partial charge in [-0.2, -0.15) is 0 Å². The van der Waals surface area contributed by atoms with Gasteiger partial charge in [0.05, 0.1) is 15.7 Å². The summed E-state index contributed by atoms with van der Waals surface area (Å²) >= 11 is 12.1. The lowest BCUT2D eigenvalue weighted by molar-refractivity contribution is 0.0761. The molecule has 1 N–H and O–H groups in total. The van der Waals surface area contributed by atoms with E-state index in [2.05, 4.69) is 5.32 Å². The zero-order chi connectivity index (χ0) is 18.5. The van der Waals surface area contributed by atoms with E-state index in [0.717, 1.165) is 38.8 Å². The number of halogens is 2. The maximum atomic E-state index is 12.7. The van der Waals surface area contributed by atoms with Gasteiger partial charge < -0.3 is 10.2 Å². The van der Waals surface area contributed by atoms with Crippen molar-refractivity contribution in [3.63, 3.8) is 0 Å². The number of carbonyl (C=O) groups excluding carboxylic acids is 2. The van der Waals surface area contributed by atoms with Gasteiger partial charge in [0.2, 0.25) is 0 Å². The average molecular weight is 391 g/mol. The molecular formula is C20H20Cl2N2O2. The summed E-state index contributed by atoms with van der Waals surface area (Å²) in [5.74, 6) is -0.359. The molecule has 3 rings (SSSR count). The number of nitrogens with zero attached hydrogens (tertiary/aromatic N) is 1. The molecule has 2 aromatic rings. The summed E-state index contributed by atoms with van der Waals surface area (Å²) in [7, 11) is 0. The second-order valence-corrected chi connectivity index (χ2v) is 7.13. The average Bonchev–Trinajstić information content (AvgIpc) is 2.94. The molecule has 0 aromatic heterocycles. The van der Waals surface area contributed by atoms with Crippen LogP contribution in [0, 0.1) is 0 Å². The van der Waals surface area contributed by atoms with Crippen LogP contribution >= 0.6 is 23.2 Å². The molecule has 26 heavy (non-hydrogen) atoms. The van der Waals surface area contributed by atoms with E-state index in [1.54, 1.807) is 42.5 Å². The predicted octanol–water partition coefficient (Wildman–Crippen LogP) is 5.26.